The van der Waals surface area contributed by atoms with Crippen molar-refractivity contribution in [1.82, 2.24) is 9.88 Å². The maximum atomic E-state index is 13.3. The van der Waals surface area contributed by atoms with Crippen LogP contribution >= 0.6 is 0 Å². The van der Waals surface area contributed by atoms with Crippen LogP contribution in [0.1, 0.15) is 22.3 Å². The number of fused-ring (bicyclic) bond motifs is 2. The molecule has 7 nitrogen and oxygen atoms in total. The molecule has 4 aromatic rings. The molecule has 2 amide bonds. The molecule has 35 heavy (non-hydrogen) atoms. The van der Waals surface area contributed by atoms with E-state index in [1.165, 1.54) is 29.2 Å². The first-order chi connectivity index (χ1) is 16.9. The SMILES string of the molecule is Cc1cc(C)c2cc(CN(Cc3ccc4c(c3)OCO4)C(=O)Nc3ccc(F)cc3)c(=O)[nH]c2c1. The zero-order chi connectivity index (χ0) is 24.5. The molecule has 0 saturated heterocycles. The highest BCUT2D eigenvalue weighted by molar-refractivity contribution is 5.89. The Morgan fingerprint density at radius 1 is 1.00 bits per heavy atom. The Kier molecular flexibility index (Phi) is 5.86. The van der Waals surface area contributed by atoms with Crippen LogP contribution < -0.4 is 20.3 Å². The van der Waals surface area contributed by atoms with Gasteiger partial charge in [0.2, 0.25) is 6.79 Å². The highest BCUT2D eigenvalue weighted by Gasteiger charge is 2.20. The monoisotopic (exact) mass is 473 g/mol. The number of benzene rings is 3. The molecule has 0 fully saturated rings. The number of H-pyrrole nitrogens is 1. The number of nitrogens with zero attached hydrogens (tertiary/aromatic N) is 1. The van der Waals surface area contributed by atoms with E-state index in [0.29, 0.717) is 22.7 Å². The maximum absolute atomic E-state index is 13.3. The van der Waals surface area contributed by atoms with Crippen molar-refractivity contribution in [2.75, 3.05) is 12.1 Å². The molecule has 1 aliphatic rings. The van der Waals surface area contributed by atoms with Gasteiger partial charge in [-0.2, -0.15) is 0 Å². The lowest BCUT2D eigenvalue weighted by molar-refractivity contribution is 0.174. The number of hydrogen-bond donors (Lipinski definition) is 2. The fourth-order valence-corrected chi connectivity index (χ4v) is 4.23. The van der Waals surface area contributed by atoms with Crippen molar-refractivity contribution in [1.29, 1.82) is 0 Å². The molecule has 2 heterocycles. The topological polar surface area (TPSA) is 83.7 Å². The fraction of sp³-hybridized carbons (Fsp3) is 0.185. The first-order valence-corrected chi connectivity index (χ1v) is 11.2. The molecule has 0 atom stereocenters. The average molecular weight is 474 g/mol. The molecule has 3 aromatic carbocycles. The summed E-state index contributed by atoms with van der Waals surface area (Å²) >= 11 is 0. The number of nitrogens with one attached hydrogen (secondary N) is 2. The summed E-state index contributed by atoms with van der Waals surface area (Å²) in [5, 5.41) is 3.71. The largest absolute Gasteiger partial charge is 0.454 e. The molecule has 8 heteroatoms. The van der Waals surface area contributed by atoms with Gasteiger partial charge in [-0.1, -0.05) is 12.1 Å². The molecule has 5 rings (SSSR count). The minimum absolute atomic E-state index is 0.0695. The molecule has 0 bridgehead atoms. The summed E-state index contributed by atoms with van der Waals surface area (Å²) in [7, 11) is 0. The predicted octanol–water partition coefficient (Wildman–Crippen LogP) is 5.25. The quantitative estimate of drug-likeness (QED) is 0.415. The second kappa shape index (κ2) is 9.13. The van der Waals surface area contributed by atoms with E-state index in [-0.39, 0.29) is 25.4 Å². The van der Waals surface area contributed by atoms with Gasteiger partial charge in [-0.3, -0.25) is 4.79 Å². The van der Waals surface area contributed by atoms with Crippen LogP contribution in [0.3, 0.4) is 0 Å². The summed E-state index contributed by atoms with van der Waals surface area (Å²) in [4.78, 5) is 30.7. The number of anilines is 1. The van der Waals surface area contributed by atoms with Gasteiger partial charge in [-0.05, 0) is 79.1 Å². The number of rotatable bonds is 5. The van der Waals surface area contributed by atoms with E-state index in [0.717, 1.165) is 27.6 Å². The third kappa shape index (κ3) is 4.82. The summed E-state index contributed by atoms with van der Waals surface area (Å²) in [6, 6.07) is 16.4. The molecular formula is C27H24FN3O4. The van der Waals surface area contributed by atoms with Crippen LogP contribution in [-0.4, -0.2) is 22.7 Å². The number of carbonyl (C=O) groups excluding carboxylic acids is 1. The molecular weight excluding hydrogens is 449 g/mol. The van der Waals surface area contributed by atoms with E-state index in [2.05, 4.69) is 16.4 Å². The molecule has 178 valence electrons. The van der Waals surface area contributed by atoms with Gasteiger partial charge in [0.25, 0.3) is 5.56 Å². The van der Waals surface area contributed by atoms with Crippen molar-refractivity contribution in [2.45, 2.75) is 26.9 Å². The number of pyridine rings is 1. The summed E-state index contributed by atoms with van der Waals surface area (Å²) in [5.74, 6) is 0.859. The fourth-order valence-electron chi connectivity index (χ4n) is 4.23. The second-order valence-electron chi connectivity index (χ2n) is 8.65. The minimum Gasteiger partial charge on any atom is -0.454 e. The molecule has 0 aliphatic carbocycles. The molecule has 0 radical (unpaired) electrons. The van der Waals surface area contributed by atoms with E-state index in [4.69, 9.17) is 9.47 Å². The van der Waals surface area contributed by atoms with E-state index >= 15 is 0 Å². The first-order valence-electron chi connectivity index (χ1n) is 11.2. The normalized spacial score (nSPS) is 12.1. The minimum atomic E-state index is -0.422. The van der Waals surface area contributed by atoms with Crippen LogP contribution in [0.4, 0.5) is 14.9 Å². The number of urea groups is 1. The molecule has 0 saturated carbocycles. The van der Waals surface area contributed by atoms with Crippen molar-refractivity contribution in [3.05, 3.63) is 99.1 Å². The number of amides is 2. The number of hydrogen-bond acceptors (Lipinski definition) is 4. The van der Waals surface area contributed by atoms with Crippen molar-refractivity contribution in [3.63, 3.8) is 0 Å². The maximum Gasteiger partial charge on any atom is 0.322 e. The second-order valence-corrected chi connectivity index (χ2v) is 8.65. The van der Waals surface area contributed by atoms with Crippen LogP contribution in [0.5, 0.6) is 11.5 Å². The third-order valence-corrected chi connectivity index (χ3v) is 5.94. The van der Waals surface area contributed by atoms with Crippen molar-refractivity contribution in [2.24, 2.45) is 0 Å². The Bertz CT molecular complexity index is 1480. The van der Waals surface area contributed by atoms with Crippen molar-refractivity contribution < 1.29 is 18.7 Å². The third-order valence-electron chi connectivity index (χ3n) is 5.94. The Hall–Kier alpha value is -4.33. The Morgan fingerprint density at radius 2 is 1.77 bits per heavy atom. The standard InChI is InChI=1S/C27H24FN3O4/c1-16-9-17(2)22-12-19(26(32)30-23(22)10-16)14-31(27(33)29-21-6-4-20(28)5-7-21)13-18-3-8-24-25(11-18)35-15-34-24/h3-12H,13-15H2,1-2H3,(H,29,33)(H,30,32). The Labute approximate surface area is 201 Å². The van der Waals surface area contributed by atoms with Gasteiger partial charge in [-0.25, -0.2) is 9.18 Å². The molecule has 1 aromatic heterocycles. The van der Waals surface area contributed by atoms with E-state index in [1.54, 1.807) is 6.07 Å². The highest BCUT2D eigenvalue weighted by atomic mass is 19.1. The highest BCUT2D eigenvalue weighted by Crippen LogP contribution is 2.33. The lowest BCUT2D eigenvalue weighted by Crippen LogP contribution is -2.35. The lowest BCUT2D eigenvalue weighted by Gasteiger charge is -2.23. The molecule has 0 spiro atoms. The molecule has 0 unspecified atom stereocenters. The van der Waals surface area contributed by atoms with Crippen LogP contribution in [-0.2, 0) is 13.1 Å². The lowest BCUT2D eigenvalue weighted by atomic mass is 10.0. The van der Waals surface area contributed by atoms with Crippen LogP contribution in [0.25, 0.3) is 10.9 Å². The number of aromatic nitrogens is 1. The van der Waals surface area contributed by atoms with Gasteiger partial charge in [0.05, 0.1) is 6.54 Å². The number of aryl methyl sites for hydroxylation is 2. The van der Waals surface area contributed by atoms with Gasteiger partial charge in [0, 0.05) is 28.7 Å². The zero-order valence-corrected chi connectivity index (χ0v) is 19.4. The van der Waals surface area contributed by atoms with Crippen molar-refractivity contribution >= 4 is 22.6 Å². The van der Waals surface area contributed by atoms with Gasteiger partial charge >= 0.3 is 6.03 Å². The number of ether oxygens (including phenoxy) is 2. The summed E-state index contributed by atoms with van der Waals surface area (Å²) in [6.45, 7) is 4.40. The van der Waals surface area contributed by atoms with E-state index in [9.17, 15) is 14.0 Å². The van der Waals surface area contributed by atoms with E-state index < -0.39 is 11.8 Å². The summed E-state index contributed by atoms with van der Waals surface area (Å²) < 4.78 is 24.2. The predicted molar refractivity (Wildman–Crippen MR) is 131 cm³/mol. The Morgan fingerprint density at radius 3 is 2.57 bits per heavy atom. The van der Waals surface area contributed by atoms with Crippen LogP contribution in [0.2, 0.25) is 0 Å². The van der Waals surface area contributed by atoms with Gasteiger partial charge in [0.15, 0.2) is 11.5 Å². The van der Waals surface area contributed by atoms with Crippen LogP contribution in [0, 0.1) is 19.7 Å². The van der Waals surface area contributed by atoms with Gasteiger partial charge in [0.1, 0.15) is 5.82 Å². The molecule has 1 aliphatic heterocycles. The first kappa shape index (κ1) is 22.5. The average Bonchev–Trinajstić information content (AvgIpc) is 3.29. The summed E-state index contributed by atoms with van der Waals surface area (Å²) in [6.07, 6.45) is 0. The van der Waals surface area contributed by atoms with Gasteiger partial charge < -0.3 is 24.7 Å². The Balaban J connectivity index is 1.47. The smallest absolute Gasteiger partial charge is 0.322 e. The number of halogens is 1. The van der Waals surface area contributed by atoms with Gasteiger partial charge in [-0.15, -0.1) is 0 Å². The molecule has 2 N–H and O–H groups in total. The van der Waals surface area contributed by atoms with E-state index in [1.807, 2.05) is 38.1 Å². The number of aromatic amines is 1. The summed E-state index contributed by atoms with van der Waals surface area (Å²) in [5.41, 5.74) is 4.32. The zero-order valence-electron chi connectivity index (χ0n) is 19.4. The van der Waals surface area contributed by atoms with Crippen molar-refractivity contribution in [3.8, 4) is 11.5 Å². The number of carbonyl (C=O) groups is 1. The van der Waals surface area contributed by atoms with Crippen LogP contribution in [0.15, 0.2) is 65.5 Å².